The van der Waals surface area contributed by atoms with Crippen molar-refractivity contribution in [2.24, 2.45) is 0 Å². The molecule has 0 aliphatic rings. The minimum Gasteiger partial charge on any atom is -0.388 e. The third kappa shape index (κ3) is 1.77. The van der Waals surface area contributed by atoms with E-state index in [4.69, 9.17) is 0 Å². The molecule has 2 nitrogen and oxygen atoms in total. The summed E-state index contributed by atoms with van der Waals surface area (Å²) in [5.41, 5.74) is 1.98. The highest BCUT2D eigenvalue weighted by atomic mass is 16.3. The van der Waals surface area contributed by atoms with Gasteiger partial charge in [-0.3, -0.25) is 0 Å². The van der Waals surface area contributed by atoms with Crippen LogP contribution in [0.15, 0.2) is 24.3 Å². The number of aliphatic hydroxyl groups excluding tert-OH is 1. The quantitative estimate of drug-likeness (QED) is 0.719. The van der Waals surface area contributed by atoms with Crippen LogP contribution in [-0.2, 0) is 0 Å². The molecule has 12 heavy (non-hydrogen) atoms. The van der Waals surface area contributed by atoms with E-state index in [0.29, 0.717) is 0 Å². The van der Waals surface area contributed by atoms with Gasteiger partial charge in [0.05, 0.1) is 6.10 Å². The standard InChI is InChI=1S/C10H15NO/c1-3-10(12)8-6-4-5-7-9(8)11-2/h4-7,10-12H,3H2,1-2H3. The molecule has 0 aromatic heterocycles. The molecule has 0 saturated carbocycles. The Morgan fingerprint density at radius 1 is 1.42 bits per heavy atom. The van der Waals surface area contributed by atoms with Gasteiger partial charge in [0.15, 0.2) is 0 Å². The number of benzene rings is 1. The molecule has 1 atom stereocenters. The Morgan fingerprint density at radius 2 is 2.08 bits per heavy atom. The van der Waals surface area contributed by atoms with Crippen LogP contribution in [0.3, 0.4) is 0 Å². The number of hydrogen-bond acceptors (Lipinski definition) is 2. The highest BCUT2D eigenvalue weighted by Gasteiger charge is 2.07. The van der Waals surface area contributed by atoms with Gasteiger partial charge in [-0.2, -0.15) is 0 Å². The molecule has 1 aromatic rings. The second-order valence-corrected chi connectivity index (χ2v) is 2.76. The molecule has 1 rings (SSSR count). The van der Waals surface area contributed by atoms with Gasteiger partial charge in [-0.05, 0) is 12.5 Å². The molecule has 0 aliphatic heterocycles. The first-order valence-electron chi connectivity index (χ1n) is 4.24. The van der Waals surface area contributed by atoms with Crippen molar-refractivity contribution >= 4 is 5.69 Å². The van der Waals surface area contributed by atoms with Crippen LogP contribution < -0.4 is 5.32 Å². The predicted octanol–water partition coefficient (Wildman–Crippen LogP) is 2.17. The fourth-order valence-corrected chi connectivity index (χ4v) is 1.24. The minimum absolute atomic E-state index is 0.353. The lowest BCUT2D eigenvalue weighted by Crippen LogP contribution is -2.00. The molecule has 1 aromatic carbocycles. The maximum atomic E-state index is 9.60. The predicted molar refractivity (Wildman–Crippen MR) is 51.2 cm³/mol. The smallest absolute Gasteiger partial charge is 0.0807 e. The molecule has 2 N–H and O–H groups in total. The van der Waals surface area contributed by atoms with Gasteiger partial charge in [0.25, 0.3) is 0 Å². The molecule has 0 amide bonds. The largest absolute Gasteiger partial charge is 0.388 e. The zero-order valence-corrected chi connectivity index (χ0v) is 7.54. The Kier molecular flexibility index (Phi) is 3.11. The summed E-state index contributed by atoms with van der Waals surface area (Å²) in [5, 5.41) is 12.7. The molecule has 0 saturated heterocycles. The third-order valence-electron chi connectivity index (χ3n) is 1.98. The molecule has 66 valence electrons. The van der Waals surface area contributed by atoms with E-state index < -0.39 is 0 Å². The lowest BCUT2D eigenvalue weighted by atomic mass is 10.1. The number of para-hydroxylation sites is 1. The number of rotatable bonds is 3. The second kappa shape index (κ2) is 4.12. The Balaban J connectivity index is 2.96. The molecule has 0 fully saturated rings. The Hall–Kier alpha value is -1.02. The van der Waals surface area contributed by atoms with E-state index in [1.54, 1.807) is 0 Å². The van der Waals surface area contributed by atoms with Gasteiger partial charge in [0.1, 0.15) is 0 Å². The van der Waals surface area contributed by atoms with Crippen molar-refractivity contribution < 1.29 is 5.11 Å². The molecule has 0 aliphatic carbocycles. The Bertz CT molecular complexity index is 247. The summed E-state index contributed by atoms with van der Waals surface area (Å²) >= 11 is 0. The maximum Gasteiger partial charge on any atom is 0.0807 e. The minimum atomic E-state index is -0.353. The van der Waals surface area contributed by atoms with Crippen LogP contribution in [-0.4, -0.2) is 12.2 Å². The fraction of sp³-hybridized carbons (Fsp3) is 0.400. The summed E-state index contributed by atoms with van der Waals surface area (Å²) in [6.45, 7) is 1.97. The fourth-order valence-electron chi connectivity index (χ4n) is 1.24. The van der Waals surface area contributed by atoms with Crippen LogP contribution in [0.1, 0.15) is 25.0 Å². The summed E-state index contributed by atoms with van der Waals surface area (Å²) in [4.78, 5) is 0. The van der Waals surface area contributed by atoms with Gasteiger partial charge < -0.3 is 10.4 Å². The molecule has 0 spiro atoms. The van der Waals surface area contributed by atoms with Gasteiger partial charge in [0, 0.05) is 18.3 Å². The second-order valence-electron chi connectivity index (χ2n) is 2.76. The van der Waals surface area contributed by atoms with Gasteiger partial charge in [0.2, 0.25) is 0 Å². The van der Waals surface area contributed by atoms with Crippen LogP contribution in [0, 0.1) is 0 Å². The van der Waals surface area contributed by atoms with Crippen molar-refractivity contribution in [2.45, 2.75) is 19.4 Å². The zero-order valence-electron chi connectivity index (χ0n) is 7.54. The van der Waals surface area contributed by atoms with Crippen LogP contribution in [0.4, 0.5) is 5.69 Å². The summed E-state index contributed by atoms with van der Waals surface area (Å²) in [6, 6.07) is 7.81. The summed E-state index contributed by atoms with van der Waals surface area (Å²) in [5.74, 6) is 0. The highest BCUT2D eigenvalue weighted by Crippen LogP contribution is 2.23. The number of aliphatic hydroxyl groups is 1. The SMILES string of the molecule is CCC(O)c1ccccc1NC. The van der Waals surface area contributed by atoms with Crippen molar-refractivity contribution in [1.82, 2.24) is 0 Å². The first kappa shape index (κ1) is 9.07. The Morgan fingerprint density at radius 3 is 2.67 bits per heavy atom. The van der Waals surface area contributed by atoms with Crippen LogP contribution in [0.2, 0.25) is 0 Å². The van der Waals surface area contributed by atoms with E-state index in [9.17, 15) is 5.11 Å². The summed E-state index contributed by atoms with van der Waals surface area (Å²) in [7, 11) is 1.86. The van der Waals surface area contributed by atoms with E-state index in [1.165, 1.54) is 0 Å². The van der Waals surface area contributed by atoms with Gasteiger partial charge >= 0.3 is 0 Å². The molecule has 2 heteroatoms. The van der Waals surface area contributed by atoms with E-state index in [-0.39, 0.29) is 6.10 Å². The molecule has 0 radical (unpaired) electrons. The monoisotopic (exact) mass is 165 g/mol. The summed E-state index contributed by atoms with van der Waals surface area (Å²) in [6.07, 6.45) is 0.396. The molecule has 0 bridgehead atoms. The third-order valence-corrected chi connectivity index (χ3v) is 1.98. The zero-order chi connectivity index (χ0) is 8.97. The van der Waals surface area contributed by atoms with E-state index >= 15 is 0 Å². The number of nitrogens with one attached hydrogen (secondary N) is 1. The molecule has 1 unspecified atom stereocenters. The van der Waals surface area contributed by atoms with Crippen molar-refractivity contribution in [3.8, 4) is 0 Å². The molecule has 0 heterocycles. The van der Waals surface area contributed by atoms with Crippen LogP contribution >= 0.6 is 0 Å². The normalized spacial score (nSPS) is 12.6. The average Bonchev–Trinajstić information content (AvgIpc) is 2.16. The van der Waals surface area contributed by atoms with Gasteiger partial charge in [-0.1, -0.05) is 25.1 Å². The van der Waals surface area contributed by atoms with Crippen LogP contribution in [0.25, 0.3) is 0 Å². The van der Waals surface area contributed by atoms with Crippen LogP contribution in [0.5, 0.6) is 0 Å². The van der Waals surface area contributed by atoms with E-state index in [1.807, 2.05) is 38.2 Å². The van der Waals surface area contributed by atoms with E-state index in [2.05, 4.69) is 5.32 Å². The summed E-state index contributed by atoms with van der Waals surface area (Å²) < 4.78 is 0. The molecular weight excluding hydrogens is 150 g/mol. The number of hydrogen-bond donors (Lipinski definition) is 2. The van der Waals surface area contributed by atoms with Gasteiger partial charge in [-0.25, -0.2) is 0 Å². The number of anilines is 1. The molecular formula is C10H15NO. The first-order valence-corrected chi connectivity index (χ1v) is 4.24. The first-order chi connectivity index (χ1) is 5.79. The van der Waals surface area contributed by atoms with Crippen molar-refractivity contribution in [2.75, 3.05) is 12.4 Å². The lowest BCUT2D eigenvalue weighted by molar-refractivity contribution is 0.174. The van der Waals surface area contributed by atoms with Crippen molar-refractivity contribution in [3.63, 3.8) is 0 Å². The Labute approximate surface area is 73.2 Å². The van der Waals surface area contributed by atoms with Gasteiger partial charge in [-0.15, -0.1) is 0 Å². The average molecular weight is 165 g/mol. The highest BCUT2D eigenvalue weighted by molar-refractivity contribution is 5.51. The van der Waals surface area contributed by atoms with E-state index in [0.717, 1.165) is 17.7 Å². The lowest BCUT2D eigenvalue weighted by Gasteiger charge is -2.12. The topological polar surface area (TPSA) is 32.3 Å². The van der Waals surface area contributed by atoms with Crippen molar-refractivity contribution in [1.29, 1.82) is 0 Å². The van der Waals surface area contributed by atoms with Crippen molar-refractivity contribution in [3.05, 3.63) is 29.8 Å². The maximum absolute atomic E-state index is 9.60.